The number of morpholine rings is 1. The molecule has 2 saturated heterocycles. The maximum atomic E-state index is 11.5. The van der Waals surface area contributed by atoms with Crippen molar-refractivity contribution in [1.29, 1.82) is 0 Å². The number of benzene rings is 1. The molecule has 2 unspecified atom stereocenters. The van der Waals surface area contributed by atoms with Crippen LogP contribution in [0.1, 0.15) is 37.3 Å². The Bertz CT molecular complexity index is 598. The molecular weight excluding hydrogens is 337 g/mol. The van der Waals surface area contributed by atoms with Gasteiger partial charge in [-0.2, -0.15) is 0 Å². The average molecular weight is 358 g/mol. The summed E-state index contributed by atoms with van der Waals surface area (Å²) in [5.74, 6) is -0.160. The van der Waals surface area contributed by atoms with Crippen molar-refractivity contribution in [2.45, 2.75) is 44.2 Å². The summed E-state index contributed by atoms with van der Waals surface area (Å²) in [5, 5.41) is 4.56. The van der Waals surface area contributed by atoms with Crippen LogP contribution >= 0.6 is 23.2 Å². The van der Waals surface area contributed by atoms with E-state index in [1.54, 1.807) is 0 Å². The fourth-order valence-corrected chi connectivity index (χ4v) is 3.85. The summed E-state index contributed by atoms with van der Waals surface area (Å²) in [5.41, 5.74) is 1.90. The van der Waals surface area contributed by atoms with Crippen LogP contribution in [0, 0.1) is 0 Å². The highest BCUT2D eigenvalue weighted by molar-refractivity contribution is 6.42. The third-order valence-electron chi connectivity index (χ3n) is 4.58. The molecule has 0 aliphatic carbocycles. The smallest absolute Gasteiger partial charge is 0.305 e. The van der Waals surface area contributed by atoms with Crippen molar-refractivity contribution in [3.8, 4) is 0 Å². The van der Waals surface area contributed by atoms with Gasteiger partial charge in [0.05, 0.1) is 23.3 Å². The molecule has 2 bridgehead atoms. The number of carbonyl (C=O) groups is 1. The van der Waals surface area contributed by atoms with Crippen molar-refractivity contribution in [2.75, 3.05) is 19.8 Å². The minimum absolute atomic E-state index is 0.160. The first-order valence-electron chi connectivity index (χ1n) is 8.05. The van der Waals surface area contributed by atoms with Gasteiger partial charge in [0.1, 0.15) is 5.60 Å². The van der Waals surface area contributed by atoms with Gasteiger partial charge in [-0.15, -0.1) is 0 Å². The predicted molar refractivity (Wildman–Crippen MR) is 90.1 cm³/mol. The van der Waals surface area contributed by atoms with Crippen molar-refractivity contribution in [3.63, 3.8) is 0 Å². The van der Waals surface area contributed by atoms with E-state index in [4.69, 9.17) is 32.7 Å². The van der Waals surface area contributed by atoms with Gasteiger partial charge in [-0.3, -0.25) is 4.79 Å². The first-order valence-corrected chi connectivity index (χ1v) is 8.81. The topological polar surface area (TPSA) is 47.6 Å². The minimum atomic E-state index is -0.307. The Morgan fingerprint density at radius 2 is 2.22 bits per heavy atom. The molecule has 4 nitrogen and oxygen atoms in total. The zero-order chi connectivity index (χ0) is 16.4. The number of halogens is 2. The largest absolute Gasteiger partial charge is 0.466 e. The second-order valence-electron chi connectivity index (χ2n) is 6.17. The lowest BCUT2D eigenvalue weighted by Crippen LogP contribution is -2.38. The zero-order valence-electron chi connectivity index (χ0n) is 13.2. The van der Waals surface area contributed by atoms with Crippen LogP contribution in [0.2, 0.25) is 10.0 Å². The van der Waals surface area contributed by atoms with Gasteiger partial charge >= 0.3 is 5.97 Å². The molecule has 1 N–H and O–H groups in total. The number of nitrogens with one attached hydrogen (secondary N) is 1. The number of fused-ring (bicyclic) bond motifs is 2. The Morgan fingerprint density at radius 3 is 2.83 bits per heavy atom. The molecule has 2 aliphatic heterocycles. The van der Waals surface area contributed by atoms with E-state index in [1.807, 2.05) is 19.1 Å². The molecule has 23 heavy (non-hydrogen) atoms. The average Bonchev–Trinajstić information content (AvgIpc) is 3.12. The van der Waals surface area contributed by atoms with Gasteiger partial charge in [-0.25, -0.2) is 0 Å². The molecule has 0 amide bonds. The Morgan fingerprint density at radius 1 is 1.43 bits per heavy atom. The van der Waals surface area contributed by atoms with Gasteiger partial charge in [0, 0.05) is 19.0 Å². The lowest BCUT2D eigenvalue weighted by atomic mass is 9.87. The number of hydrogen-bond donors (Lipinski definition) is 1. The number of esters is 1. The SMILES string of the molecule is CCOC(=O)CCCc1cc(Cl)c(Cl)cc1C12CNC(CO1)C2. The van der Waals surface area contributed by atoms with E-state index in [0.29, 0.717) is 29.1 Å². The van der Waals surface area contributed by atoms with Crippen LogP contribution in [0.15, 0.2) is 12.1 Å². The van der Waals surface area contributed by atoms with Crippen LogP contribution < -0.4 is 5.32 Å². The summed E-state index contributed by atoms with van der Waals surface area (Å²) in [6.45, 7) is 3.75. The van der Waals surface area contributed by atoms with Gasteiger partial charge in [0.25, 0.3) is 0 Å². The van der Waals surface area contributed by atoms with E-state index in [0.717, 1.165) is 43.5 Å². The highest BCUT2D eigenvalue weighted by Gasteiger charge is 2.48. The van der Waals surface area contributed by atoms with E-state index in [1.165, 1.54) is 0 Å². The fraction of sp³-hybridized carbons (Fsp3) is 0.588. The molecule has 1 aromatic rings. The highest BCUT2D eigenvalue weighted by Crippen LogP contribution is 2.44. The number of aryl methyl sites for hydroxylation is 1. The standard InChI is InChI=1S/C17H21Cl2NO3/c1-2-22-16(21)5-3-4-11-6-14(18)15(19)7-13(11)17-8-12(9-23-17)20-10-17/h6-7,12,20H,2-5,8-10H2,1H3. The van der Waals surface area contributed by atoms with E-state index >= 15 is 0 Å². The molecule has 0 spiro atoms. The van der Waals surface area contributed by atoms with Crippen molar-refractivity contribution < 1.29 is 14.3 Å². The second-order valence-corrected chi connectivity index (χ2v) is 6.98. The third-order valence-corrected chi connectivity index (χ3v) is 5.30. The predicted octanol–water partition coefficient (Wildman–Crippen LogP) is 3.47. The van der Waals surface area contributed by atoms with E-state index < -0.39 is 0 Å². The monoisotopic (exact) mass is 357 g/mol. The van der Waals surface area contributed by atoms with Crippen LogP contribution in [-0.2, 0) is 26.3 Å². The number of carbonyl (C=O) groups excluding carboxylic acids is 1. The van der Waals surface area contributed by atoms with Crippen LogP contribution in [0.25, 0.3) is 0 Å². The first-order chi connectivity index (χ1) is 11.0. The minimum Gasteiger partial charge on any atom is -0.466 e. The molecule has 0 aromatic heterocycles. The number of ether oxygens (including phenoxy) is 2. The lowest BCUT2D eigenvalue weighted by Gasteiger charge is -2.30. The quantitative estimate of drug-likeness (QED) is 0.791. The highest BCUT2D eigenvalue weighted by atomic mass is 35.5. The summed E-state index contributed by atoms with van der Waals surface area (Å²) in [7, 11) is 0. The molecule has 0 saturated carbocycles. The van der Waals surface area contributed by atoms with Gasteiger partial charge in [-0.05, 0) is 49.4 Å². The fourth-order valence-electron chi connectivity index (χ4n) is 3.50. The van der Waals surface area contributed by atoms with Crippen LogP contribution in [0.5, 0.6) is 0 Å². The first kappa shape index (κ1) is 17.0. The molecule has 2 fully saturated rings. The van der Waals surface area contributed by atoms with Crippen molar-refractivity contribution in [1.82, 2.24) is 5.32 Å². The van der Waals surface area contributed by atoms with Crippen molar-refractivity contribution in [3.05, 3.63) is 33.3 Å². The Balaban J connectivity index is 1.79. The van der Waals surface area contributed by atoms with E-state index in [9.17, 15) is 4.79 Å². The molecular formula is C17H21Cl2NO3. The molecule has 2 aliphatic rings. The van der Waals surface area contributed by atoms with E-state index in [2.05, 4.69) is 5.32 Å². The summed E-state index contributed by atoms with van der Waals surface area (Å²) in [6, 6.07) is 4.25. The summed E-state index contributed by atoms with van der Waals surface area (Å²) in [4.78, 5) is 11.5. The van der Waals surface area contributed by atoms with Crippen LogP contribution in [0.4, 0.5) is 0 Å². The Labute approximate surface area is 146 Å². The van der Waals surface area contributed by atoms with Crippen LogP contribution in [0.3, 0.4) is 0 Å². The summed E-state index contributed by atoms with van der Waals surface area (Å²) in [6.07, 6.45) is 2.83. The van der Waals surface area contributed by atoms with Crippen molar-refractivity contribution in [2.24, 2.45) is 0 Å². The van der Waals surface area contributed by atoms with Crippen molar-refractivity contribution >= 4 is 29.2 Å². The van der Waals surface area contributed by atoms with Gasteiger partial charge in [0.15, 0.2) is 0 Å². The van der Waals surface area contributed by atoms with E-state index in [-0.39, 0.29) is 11.6 Å². The summed E-state index contributed by atoms with van der Waals surface area (Å²) < 4.78 is 11.1. The number of hydrogen-bond acceptors (Lipinski definition) is 4. The lowest BCUT2D eigenvalue weighted by molar-refractivity contribution is -0.143. The van der Waals surface area contributed by atoms with Gasteiger partial charge in [-0.1, -0.05) is 23.2 Å². The third kappa shape index (κ3) is 3.50. The molecule has 2 heterocycles. The number of rotatable bonds is 6. The molecule has 0 radical (unpaired) electrons. The maximum absolute atomic E-state index is 11.5. The molecule has 6 heteroatoms. The normalized spacial score (nSPS) is 25.8. The van der Waals surface area contributed by atoms with Gasteiger partial charge in [0.2, 0.25) is 0 Å². The maximum Gasteiger partial charge on any atom is 0.305 e. The Kier molecular flexibility index (Phi) is 5.16. The molecule has 1 aromatic carbocycles. The van der Waals surface area contributed by atoms with Crippen LogP contribution in [-0.4, -0.2) is 31.8 Å². The molecule has 126 valence electrons. The Hall–Kier alpha value is -0.810. The zero-order valence-corrected chi connectivity index (χ0v) is 14.7. The molecule has 3 rings (SSSR count). The second kappa shape index (κ2) is 6.98. The molecule has 2 atom stereocenters. The van der Waals surface area contributed by atoms with Gasteiger partial charge < -0.3 is 14.8 Å². The summed E-state index contributed by atoms with van der Waals surface area (Å²) >= 11 is 12.4.